The maximum Gasteiger partial charge on any atom is 0.258 e. The Hall–Kier alpha value is -2.84. The summed E-state index contributed by atoms with van der Waals surface area (Å²) >= 11 is 0. The van der Waals surface area contributed by atoms with E-state index >= 15 is 0 Å². The number of ether oxygens (including phenoxy) is 1. The van der Waals surface area contributed by atoms with E-state index in [4.69, 9.17) is 4.74 Å². The third-order valence-corrected chi connectivity index (χ3v) is 4.79. The van der Waals surface area contributed by atoms with Gasteiger partial charge in [-0.2, -0.15) is 0 Å². The van der Waals surface area contributed by atoms with Crippen molar-refractivity contribution >= 4 is 17.5 Å². The van der Waals surface area contributed by atoms with Crippen LogP contribution in [-0.2, 0) is 4.74 Å². The lowest BCUT2D eigenvalue weighted by atomic mass is 10.1. The summed E-state index contributed by atoms with van der Waals surface area (Å²) in [7, 11) is 0. The van der Waals surface area contributed by atoms with Crippen molar-refractivity contribution in [3.05, 3.63) is 65.2 Å². The Bertz CT molecular complexity index is 870. The summed E-state index contributed by atoms with van der Waals surface area (Å²) in [6.45, 7) is 4.95. The second-order valence-electron chi connectivity index (χ2n) is 6.85. The number of rotatable bonds is 7. The average Bonchev–Trinajstić information content (AvgIpc) is 2.72. The molecule has 1 aliphatic rings. The maximum atomic E-state index is 13.8. The summed E-state index contributed by atoms with van der Waals surface area (Å²) in [5, 5.41) is 5.38. The van der Waals surface area contributed by atoms with Gasteiger partial charge >= 0.3 is 0 Å². The number of amides is 2. The number of hydrogen-bond acceptors (Lipinski definition) is 3. The molecule has 8 heteroatoms. The Morgan fingerprint density at radius 1 is 1.00 bits per heavy atom. The van der Waals surface area contributed by atoms with Crippen molar-refractivity contribution in [1.29, 1.82) is 0 Å². The Morgan fingerprint density at radius 3 is 2.52 bits per heavy atom. The van der Waals surface area contributed by atoms with Gasteiger partial charge < -0.3 is 20.3 Å². The van der Waals surface area contributed by atoms with Crippen molar-refractivity contribution in [3.8, 4) is 0 Å². The molecule has 6 nitrogen and oxygen atoms in total. The van der Waals surface area contributed by atoms with Gasteiger partial charge in [0.05, 0.1) is 36.6 Å². The number of carbonyl (C=O) groups is 2. The topological polar surface area (TPSA) is 71.9 Å². The van der Waals surface area contributed by atoms with Gasteiger partial charge in [-0.05, 0) is 24.3 Å². The molecule has 3 N–H and O–H groups in total. The highest BCUT2D eigenvalue weighted by atomic mass is 19.1. The molecule has 1 aliphatic heterocycles. The first-order valence-corrected chi connectivity index (χ1v) is 9.59. The van der Waals surface area contributed by atoms with E-state index < -0.39 is 17.5 Å². The van der Waals surface area contributed by atoms with E-state index in [2.05, 4.69) is 10.6 Å². The minimum absolute atomic E-state index is 0.262. The summed E-state index contributed by atoms with van der Waals surface area (Å²) in [5.41, 5.74) is 0.245. The smallest absolute Gasteiger partial charge is 0.258 e. The van der Waals surface area contributed by atoms with Gasteiger partial charge in [0.2, 0.25) is 0 Å². The second kappa shape index (κ2) is 10.1. The summed E-state index contributed by atoms with van der Waals surface area (Å²) < 4.78 is 32.2. The van der Waals surface area contributed by atoms with E-state index in [0.717, 1.165) is 51.4 Å². The molecule has 1 heterocycles. The minimum atomic E-state index is -0.963. The van der Waals surface area contributed by atoms with Gasteiger partial charge in [0, 0.05) is 19.0 Å². The molecule has 1 fully saturated rings. The number of nitrogens with one attached hydrogen (secondary N) is 3. The number of anilines is 1. The van der Waals surface area contributed by atoms with Gasteiger partial charge in [-0.1, -0.05) is 12.1 Å². The standard InChI is InChI=1S/C21H23F2N3O3/c22-15-6-7-16(18(23)14-15)21(28)25-19-5-2-1-4-17(19)20(27)24-8-3-9-26-10-12-29-13-11-26/h1-2,4-7,14H,3,8-13H2,(H,24,27)(H,25,28)/p+1. The molecule has 1 saturated heterocycles. The molecule has 0 aliphatic carbocycles. The van der Waals surface area contributed by atoms with Crippen LogP contribution in [0, 0.1) is 11.6 Å². The summed E-state index contributed by atoms with van der Waals surface area (Å²) in [5.74, 6) is -2.80. The third kappa shape index (κ3) is 5.82. The molecule has 2 aromatic carbocycles. The van der Waals surface area contributed by atoms with Gasteiger partial charge in [-0.15, -0.1) is 0 Å². The van der Waals surface area contributed by atoms with Crippen LogP contribution < -0.4 is 15.5 Å². The zero-order chi connectivity index (χ0) is 20.6. The monoisotopic (exact) mass is 404 g/mol. The number of para-hydroxylation sites is 1. The van der Waals surface area contributed by atoms with E-state index in [1.54, 1.807) is 24.3 Å². The highest BCUT2D eigenvalue weighted by Gasteiger charge is 2.17. The van der Waals surface area contributed by atoms with E-state index in [9.17, 15) is 18.4 Å². The van der Waals surface area contributed by atoms with Crippen molar-refractivity contribution < 1.29 is 28.0 Å². The number of quaternary nitrogens is 1. The molecule has 0 saturated carbocycles. The molecule has 154 valence electrons. The van der Waals surface area contributed by atoms with E-state index in [1.807, 2.05) is 0 Å². The van der Waals surface area contributed by atoms with Crippen LogP contribution in [0.25, 0.3) is 0 Å². The largest absolute Gasteiger partial charge is 0.370 e. The van der Waals surface area contributed by atoms with Gasteiger partial charge in [0.15, 0.2) is 0 Å². The zero-order valence-electron chi connectivity index (χ0n) is 16.0. The first-order chi connectivity index (χ1) is 14.0. The van der Waals surface area contributed by atoms with E-state index in [1.165, 1.54) is 4.90 Å². The lowest BCUT2D eigenvalue weighted by Crippen LogP contribution is -3.14. The molecular formula is C21H24F2N3O3+. The summed E-state index contributed by atoms with van der Waals surface area (Å²) in [4.78, 5) is 26.3. The molecular weight excluding hydrogens is 380 g/mol. The van der Waals surface area contributed by atoms with Crippen LogP contribution in [0.5, 0.6) is 0 Å². The second-order valence-corrected chi connectivity index (χ2v) is 6.85. The first-order valence-electron chi connectivity index (χ1n) is 9.59. The third-order valence-electron chi connectivity index (χ3n) is 4.79. The predicted molar refractivity (Wildman–Crippen MR) is 104 cm³/mol. The first kappa shape index (κ1) is 20.9. The fourth-order valence-corrected chi connectivity index (χ4v) is 3.20. The maximum absolute atomic E-state index is 13.8. The van der Waals surface area contributed by atoms with E-state index in [-0.39, 0.29) is 22.7 Å². The average molecular weight is 404 g/mol. The van der Waals surface area contributed by atoms with Gasteiger partial charge in [-0.25, -0.2) is 8.78 Å². The Kier molecular flexibility index (Phi) is 7.26. The summed E-state index contributed by atoms with van der Waals surface area (Å²) in [6.07, 6.45) is 0.830. The number of halogens is 2. The van der Waals surface area contributed by atoms with Crippen LogP contribution in [0.1, 0.15) is 27.1 Å². The molecule has 3 rings (SSSR count). The highest BCUT2D eigenvalue weighted by molar-refractivity contribution is 6.09. The fraction of sp³-hybridized carbons (Fsp3) is 0.333. The molecule has 2 amide bonds. The molecule has 0 aromatic heterocycles. The Labute approximate surface area is 167 Å². The molecule has 0 atom stereocenters. The Morgan fingerprint density at radius 2 is 1.76 bits per heavy atom. The van der Waals surface area contributed by atoms with E-state index in [0.29, 0.717) is 12.6 Å². The lowest BCUT2D eigenvalue weighted by molar-refractivity contribution is -0.908. The normalized spacial score (nSPS) is 14.4. The summed E-state index contributed by atoms with van der Waals surface area (Å²) in [6, 6.07) is 9.20. The molecule has 29 heavy (non-hydrogen) atoms. The molecule has 0 bridgehead atoms. The van der Waals surface area contributed by atoms with Gasteiger partial charge in [0.25, 0.3) is 11.8 Å². The lowest BCUT2D eigenvalue weighted by Gasteiger charge is -2.23. The van der Waals surface area contributed by atoms with Gasteiger partial charge in [-0.3, -0.25) is 9.59 Å². The Balaban J connectivity index is 1.57. The number of hydrogen-bond donors (Lipinski definition) is 3. The van der Waals surface area contributed by atoms with Gasteiger partial charge in [0.1, 0.15) is 24.7 Å². The van der Waals surface area contributed by atoms with Crippen molar-refractivity contribution in [1.82, 2.24) is 5.32 Å². The fourth-order valence-electron chi connectivity index (χ4n) is 3.20. The molecule has 0 unspecified atom stereocenters. The molecule has 0 radical (unpaired) electrons. The van der Waals surface area contributed by atoms with Crippen LogP contribution in [0.4, 0.5) is 14.5 Å². The van der Waals surface area contributed by atoms with Crippen LogP contribution in [0.2, 0.25) is 0 Å². The molecule has 0 spiro atoms. The number of morpholine rings is 1. The van der Waals surface area contributed by atoms with Crippen molar-refractivity contribution in [2.75, 3.05) is 44.7 Å². The number of carbonyl (C=O) groups excluding carboxylic acids is 2. The quantitative estimate of drug-likeness (QED) is 0.609. The van der Waals surface area contributed by atoms with Crippen molar-refractivity contribution in [2.45, 2.75) is 6.42 Å². The van der Waals surface area contributed by atoms with Crippen LogP contribution in [0.15, 0.2) is 42.5 Å². The zero-order valence-corrected chi connectivity index (χ0v) is 16.0. The number of benzene rings is 2. The molecule has 2 aromatic rings. The van der Waals surface area contributed by atoms with Crippen LogP contribution in [-0.4, -0.2) is 51.2 Å². The van der Waals surface area contributed by atoms with Crippen LogP contribution >= 0.6 is 0 Å². The highest BCUT2D eigenvalue weighted by Crippen LogP contribution is 2.18. The minimum Gasteiger partial charge on any atom is -0.370 e. The van der Waals surface area contributed by atoms with Crippen molar-refractivity contribution in [2.24, 2.45) is 0 Å². The van der Waals surface area contributed by atoms with Crippen molar-refractivity contribution in [3.63, 3.8) is 0 Å². The predicted octanol–water partition coefficient (Wildman–Crippen LogP) is 1.25. The SMILES string of the molecule is O=C(Nc1ccccc1C(=O)NCCC[NH+]1CCOCC1)c1ccc(F)cc1F. The van der Waals surface area contributed by atoms with Crippen LogP contribution in [0.3, 0.4) is 0 Å².